The van der Waals surface area contributed by atoms with Gasteiger partial charge in [0.15, 0.2) is 17.4 Å². The minimum Gasteiger partial charge on any atom is -0.476 e. The maximum Gasteiger partial charge on any atom is 0.341 e. The molecule has 0 radical (unpaired) electrons. The lowest BCUT2D eigenvalue weighted by Gasteiger charge is -2.40. The van der Waals surface area contributed by atoms with Crippen LogP contribution < -0.4 is 4.74 Å². The fourth-order valence-corrected chi connectivity index (χ4v) is 7.83. The number of hydrogen-bond donors (Lipinski definition) is 2. The van der Waals surface area contributed by atoms with Crippen molar-refractivity contribution in [1.82, 2.24) is 19.5 Å². The third kappa shape index (κ3) is 7.10. The van der Waals surface area contributed by atoms with Crippen LogP contribution in [0.15, 0.2) is 12.7 Å². The van der Waals surface area contributed by atoms with Gasteiger partial charge in [0.1, 0.15) is 12.4 Å². The molecule has 1 saturated heterocycles. The lowest BCUT2D eigenvalue weighted by Crippen LogP contribution is -2.51. The van der Waals surface area contributed by atoms with Crippen LogP contribution in [0.5, 0.6) is 5.88 Å². The van der Waals surface area contributed by atoms with E-state index >= 15 is 0 Å². The molecule has 0 aliphatic carbocycles. The van der Waals surface area contributed by atoms with Gasteiger partial charge in [0.05, 0.1) is 25.6 Å². The molecule has 4 atom stereocenters. The highest BCUT2D eigenvalue weighted by molar-refractivity contribution is 6.76. The Balaban J connectivity index is 1.71. The fourth-order valence-electron chi connectivity index (χ4n) is 4.15. The normalized spacial score (nSPS) is 23.6. The van der Waals surface area contributed by atoms with Crippen LogP contribution >= 0.6 is 0 Å². The minimum atomic E-state index is -3.06. The summed E-state index contributed by atoms with van der Waals surface area (Å²) in [6, 6.07) is 1.64. The van der Waals surface area contributed by atoms with E-state index in [4.69, 9.17) is 13.9 Å². The first-order valence-electron chi connectivity index (χ1n) is 12.5. The van der Waals surface area contributed by atoms with Crippen LogP contribution in [0.3, 0.4) is 0 Å². The molecule has 1 aliphatic rings. The zero-order valence-corrected chi connectivity index (χ0v) is 24.8. The highest BCUT2D eigenvalue weighted by Gasteiger charge is 2.49. The lowest BCUT2D eigenvalue weighted by atomic mass is 10.0. The third-order valence-corrected chi connectivity index (χ3v) is 12.5. The monoisotopic (exact) mass is 524 g/mol. The van der Waals surface area contributed by atoms with E-state index < -0.39 is 29.0 Å². The molecule has 0 amide bonds. The standard InChI is InChI=1S/C24H44N4O5Si2/c1-23(2,3)14-35(30,24(4,5)6)32-13-17-12-18(29)22(33-17)28-16-27-19-20(28)25-15-26-21(19)31-10-11-34(7,8)9/h15-18,22,29-30H,10-14H2,1-9H3. The Morgan fingerprint density at radius 2 is 1.80 bits per heavy atom. The topological polar surface area (TPSA) is 112 Å². The first kappa shape index (κ1) is 28.2. The van der Waals surface area contributed by atoms with E-state index in [-0.39, 0.29) is 23.2 Å². The molecular weight excluding hydrogens is 480 g/mol. The van der Waals surface area contributed by atoms with E-state index in [1.165, 1.54) is 6.33 Å². The quantitative estimate of drug-likeness (QED) is 0.462. The maximum absolute atomic E-state index is 11.5. The second-order valence-corrected chi connectivity index (χ2v) is 22.5. The van der Waals surface area contributed by atoms with Crippen molar-refractivity contribution in [2.75, 3.05) is 13.2 Å². The maximum atomic E-state index is 11.5. The summed E-state index contributed by atoms with van der Waals surface area (Å²) >= 11 is 0. The smallest absolute Gasteiger partial charge is 0.341 e. The second kappa shape index (κ2) is 10.2. The van der Waals surface area contributed by atoms with E-state index in [2.05, 4.69) is 55.4 Å². The van der Waals surface area contributed by atoms with Crippen LogP contribution in [-0.2, 0) is 9.16 Å². The second-order valence-electron chi connectivity index (χ2n) is 13.2. The first-order chi connectivity index (χ1) is 16.0. The van der Waals surface area contributed by atoms with Gasteiger partial charge in [-0.3, -0.25) is 4.57 Å². The summed E-state index contributed by atoms with van der Waals surface area (Å²) in [4.78, 5) is 24.6. The predicted molar refractivity (Wildman–Crippen MR) is 141 cm³/mol. The summed E-state index contributed by atoms with van der Waals surface area (Å²) in [7, 11) is -4.29. The number of ether oxygens (including phenoxy) is 2. The van der Waals surface area contributed by atoms with E-state index in [0.717, 1.165) is 6.04 Å². The van der Waals surface area contributed by atoms with Gasteiger partial charge in [-0.05, 0) is 17.5 Å². The minimum absolute atomic E-state index is 0.0584. The molecule has 35 heavy (non-hydrogen) atoms. The van der Waals surface area contributed by atoms with Crippen LogP contribution in [0.4, 0.5) is 0 Å². The lowest BCUT2D eigenvalue weighted by molar-refractivity contribution is -0.0498. The molecule has 3 heterocycles. The highest BCUT2D eigenvalue weighted by Crippen LogP contribution is 2.43. The number of fused-ring (bicyclic) bond motifs is 1. The molecule has 2 aromatic rings. The Morgan fingerprint density at radius 3 is 2.40 bits per heavy atom. The van der Waals surface area contributed by atoms with Crippen LogP contribution in [0.2, 0.25) is 36.8 Å². The van der Waals surface area contributed by atoms with Crippen LogP contribution in [0.1, 0.15) is 54.2 Å². The van der Waals surface area contributed by atoms with Crippen molar-refractivity contribution in [3.05, 3.63) is 12.7 Å². The largest absolute Gasteiger partial charge is 0.476 e. The Morgan fingerprint density at radius 1 is 1.11 bits per heavy atom. The summed E-state index contributed by atoms with van der Waals surface area (Å²) < 4.78 is 20.1. The number of aromatic nitrogens is 4. The van der Waals surface area contributed by atoms with Gasteiger partial charge >= 0.3 is 8.56 Å². The Kier molecular flexibility index (Phi) is 8.20. The van der Waals surface area contributed by atoms with E-state index in [1.807, 2.05) is 20.8 Å². The summed E-state index contributed by atoms with van der Waals surface area (Å²) in [5, 5.41) is 10.5. The number of rotatable bonds is 9. The van der Waals surface area contributed by atoms with E-state index in [9.17, 15) is 9.90 Å². The number of aliphatic hydroxyl groups excluding tert-OH is 1. The molecule has 0 spiro atoms. The van der Waals surface area contributed by atoms with Crippen molar-refractivity contribution < 1.29 is 23.8 Å². The van der Waals surface area contributed by atoms with E-state index in [0.29, 0.717) is 36.1 Å². The number of imidazole rings is 1. The number of aliphatic hydroxyl groups is 1. The molecule has 3 rings (SSSR count). The first-order valence-corrected chi connectivity index (χ1v) is 18.3. The summed E-state index contributed by atoms with van der Waals surface area (Å²) in [6.07, 6.45) is 1.72. The Labute approximate surface area is 211 Å². The summed E-state index contributed by atoms with van der Waals surface area (Å²) in [5.74, 6) is 0.447. The van der Waals surface area contributed by atoms with Gasteiger partial charge in [0.25, 0.3) is 0 Å². The average molecular weight is 525 g/mol. The molecule has 2 N–H and O–H groups in total. The van der Waals surface area contributed by atoms with Crippen molar-refractivity contribution in [3.8, 4) is 5.88 Å². The van der Waals surface area contributed by atoms with Crippen LogP contribution in [-0.4, -0.2) is 71.5 Å². The molecule has 0 bridgehead atoms. The Hall–Kier alpha value is -1.38. The molecule has 0 saturated carbocycles. The number of hydrogen-bond acceptors (Lipinski definition) is 8. The van der Waals surface area contributed by atoms with E-state index in [1.54, 1.807) is 10.9 Å². The van der Waals surface area contributed by atoms with Crippen molar-refractivity contribution in [2.24, 2.45) is 5.41 Å². The van der Waals surface area contributed by atoms with Crippen molar-refractivity contribution in [3.63, 3.8) is 0 Å². The zero-order chi connectivity index (χ0) is 26.2. The van der Waals surface area contributed by atoms with Gasteiger partial charge in [-0.1, -0.05) is 61.2 Å². The molecule has 0 aromatic carbocycles. The highest BCUT2D eigenvalue weighted by atomic mass is 28.4. The molecule has 9 nitrogen and oxygen atoms in total. The van der Waals surface area contributed by atoms with Gasteiger partial charge in [-0.15, -0.1) is 0 Å². The average Bonchev–Trinajstić information content (AvgIpc) is 3.27. The molecule has 1 fully saturated rings. The Bertz CT molecular complexity index is 998. The predicted octanol–water partition coefficient (Wildman–Crippen LogP) is 4.49. The molecular formula is C24H44N4O5Si2. The molecule has 11 heteroatoms. The summed E-state index contributed by atoms with van der Waals surface area (Å²) in [5.41, 5.74) is 1.05. The summed E-state index contributed by atoms with van der Waals surface area (Å²) in [6.45, 7) is 20.1. The van der Waals surface area contributed by atoms with Crippen molar-refractivity contribution >= 4 is 27.8 Å². The van der Waals surface area contributed by atoms with Gasteiger partial charge in [0.2, 0.25) is 5.88 Å². The van der Waals surface area contributed by atoms with Gasteiger partial charge in [-0.2, -0.15) is 4.98 Å². The molecule has 4 unspecified atom stereocenters. The SMILES string of the molecule is CC(C)(C)C[Si](O)(OCC1CC(O)C(n2cnc3c(OCC[Si](C)(C)C)ncnc32)O1)C(C)(C)C. The van der Waals surface area contributed by atoms with Gasteiger partial charge in [-0.25, -0.2) is 9.97 Å². The van der Waals surface area contributed by atoms with Crippen molar-refractivity contribution in [1.29, 1.82) is 0 Å². The molecule has 1 aliphatic heterocycles. The van der Waals surface area contributed by atoms with Crippen molar-refractivity contribution in [2.45, 2.75) is 103 Å². The number of nitrogens with zero attached hydrogens (tertiary/aromatic N) is 4. The van der Waals surface area contributed by atoms with Gasteiger partial charge < -0.3 is 23.8 Å². The third-order valence-electron chi connectivity index (χ3n) is 6.31. The van der Waals surface area contributed by atoms with Crippen LogP contribution in [0.25, 0.3) is 11.2 Å². The zero-order valence-electron chi connectivity index (χ0n) is 22.8. The van der Waals surface area contributed by atoms with Gasteiger partial charge in [0, 0.05) is 19.5 Å². The molecule has 198 valence electrons. The van der Waals surface area contributed by atoms with Crippen LogP contribution in [0, 0.1) is 5.41 Å². The fraction of sp³-hybridized carbons (Fsp3) is 0.792. The molecule has 2 aromatic heterocycles.